The predicted molar refractivity (Wildman–Crippen MR) is 76.1 cm³/mol. The fourth-order valence-corrected chi connectivity index (χ4v) is 2.87. The first kappa shape index (κ1) is 13.9. The molecule has 0 aliphatic carbocycles. The molecule has 0 radical (unpaired) electrons. The van der Waals surface area contributed by atoms with Gasteiger partial charge in [-0.05, 0) is 36.8 Å². The highest BCUT2D eigenvalue weighted by Gasteiger charge is 2.13. The maximum absolute atomic E-state index is 14.0. The highest BCUT2D eigenvalue weighted by Crippen LogP contribution is 2.35. The maximum atomic E-state index is 14.0. The highest BCUT2D eigenvalue weighted by atomic mass is 32.2. The van der Waals surface area contributed by atoms with Gasteiger partial charge in [-0.2, -0.15) is 0 Å². The molecule has 0 amide bonds. The van der Waals surface area contributed by atoms with Crippen molar-refractivity contribution in [3.63, 3.8) is 0 Å². The van der Waals surface area contributed by atoms with Gasteiger partial charge in [0.2, 0.25) is 0 Å². The molecule has 19 heavy (non-hydrogen) atoms. The van der Waals surface area contributed by atoms with Crippen molar-refractivity contribution in [3.05, 3.63) is 53.8 Å². The molecule has 0 aromatic heterocycles. The molecule has 2 nitrogen and oxygen atoms in total. The molecule has 0 unspecified atom stereocenters. The highest BCUT2D eigenvalue weighted by molar-refractivity contribution is 7.99. The van der Waals surface area contributed by atoms with E-state index in [1.807, 2.05) is 37.3 Å². The summed E-state index contributed by atoms with van der Waals surface area (Å²) in [5, 5.41) is 0. The third-order valence-corrected chi connectivity index (χ3v) is 3.87. The molecule has 4 heteroatoms. The van der Waals surface area contributed by atoms with Gasteiger partial charge in [0, 0.05) is 10.9 Å². The second-order valence-electron chi connectivity index (χ2n) is 4.23. The molecule has 1 atom stereocenters. The van der Waals surface area contributed by atoms with Crippen LogP contribution in [-0.2, 0) is 0 Å². The summed E-state index contributed by atoms with van der Waals surface area (Å²) in [6.45, 7) is 1.85. The molecule has 0 aliphatic rings. The molecule has 2 rings (SSSR count). The van der Waals surface area contributed by atoms with Crippen molar-refractivity contribution in [1.82, 2.24) is 0 Å². The summed E-state index contributed by atoms with van der Waals surface area (Å²) in [4.78, 5) is 1.50. The standard InChI is InChI=1S/C15H16FNOS/c1-10(17)13-7-4-8-14(16)15(13)19-12-6-3-5-11(9-12)18-2/h3-10H,17H2,1-2H3/t10-/m0/s1. The van der Waals surface area contributed by atoms with E-state index in [-0.39, 0.29) is 11.9 Å². The molecule has 0 spiro atoms. The zero-order valence-electron chi connectivity index (χ0n) is 10.9. The van der Waals surface area contributed by atoms with Crippen molar-refractivity contribution in [1.29, 1.82) is 0 Å². The minimum Gasteiger partial charge on any atom is -0.497 e. The summed E-state index contributed by atoms with van der Waals surface area (Å²) >= 11 is 1.36. The quantitative estimate of drug-likeness (QED) is 0.917. The van der Waals surface area contributed by atoms with Gasteiger partial charge in [0.05, 0.1) is 12.0 Å². The number of rotatable bonds is 4. The molecule has 0 aliphatic heterocycles. The molecule has 0 heterocycles. The molecule has 2 aromatic rings. The number of methoxy groups -OCH3 is 1. The molecule has 2 N–H and O–H groups in total. The van der Waals surface area contributed by atoms with Gasteiger partial charge in [-0.15, -0.1) is 0 Å². The van der Waals surface area contributed by atoms with E-state index in [0.717, 1.165) is 16.2 Å². The van der Waals surface area contributed by atoms with Crippen LogP contribution in [0.1, 0.15) is 18.5 Å². The van der Waals surface area contributed by atoms with Gasteiger partial charge in [-0.25, -0.2) is 4.39 Å². The summed E-state index contributed by atoms with van der Waals surface area (Å²) in [7, 11) is 1.61. The summed E-state index contributed by atoms with van der Waals surface area (Å²) in [6, 6.07) is 12.3. The maximum Gasteiger partial charge on any atom is 0.137 e. The topological polar surface area (TPSA) is 35.2 Å². The van der Waals surface area contributed by atoms with E-state index in [1.54, 1.807) is 13.2 Å². The van der Waals surface area contributed by atoms with Crippen LogP contribution in [-0.4, -0.2) is 7.11 Å². The number of nitrogens with two attached hydrogens (primary N) is 1. The van der Waals surface area contributed by atoms with E-state index in [0.29, 0.717) is 4.90 Å². The normalized spacial score (nSPS) is 12.2. The molecule has 0 fully saturated rings. The Morgan fingerprint density at radius 2 is 1.95 bits per heavy atom. The van der Waals surface area contributed by atoms with Crippen molar-refractivity contribution in [2.75, 3.05) is 7.11 Å². The second kappa shape index (κ2) is 6.08. The second-order valence-corrected chi connectivity index (χ2v) is 5.31. The Labute approximate surface area is 116 Å². The van der Waals surface area contributed by atoms with Crippen LogP contribution in [0.15, 0.2) is 52.3 Å². The van der Waals surface area contributed by atoms with E-state index in [4.69, 9.17) is 10.5 Å². The van der Waals surface area contributed by atoms with Crippen LogP contribution in [0.2, 0.25) is 0 Å². The largest absolute Gasteiger partial charge is 0.497 e. The fourth-order valence-electron chi connectivity index (χ4n) is 1.77. The van der Waals surface area contributed by atoms with Crippen LogP contribution in [0, 0.1) is 5.82 Å². The molecule has 0 bridgehead atoms. The van der Waals surface area contributed by atoms with Crippen molar-refractivity contribution in [2.24, 2.45) is 5.73 Å². The van der Waals surface area contributed by atoms with E-state index in [1.165, 1.54) is 17.8 Å². The van der Waals surface area contributed by atoms with Crippen molar-refractivity contribution in [3.8, 4) is 5.75 Å². The van der Waals surface area contributed by atoms with Crippen LogP contribution in [0.5, 0.6) is 5.75 Å². The van der Waals surface area contributed by atoms with E-state index >= 15 is 0 Å². The van der Waals surface area contributed by atoms with Crippen molar-refractivity contribution < 1.29 is 9.13 Å². The summed E-state index contributed by atoms with van der Waals surface area (Å²) in [5.74, 6) is 0.506. The van der Waals surface area contributed by atoms with Crippen LogP contribution in [0.4, 0.5) is 4.39 Å². The Hall–Kier alpha value is -1.52. The van der Waals surface area contributed by atoms with Gasteiger partial charge < -0.3 is 10.5 Å². The first-order valence-corrected chi connectivity index (χ1v) is 6.79. The van der Waals surface area contributed by atoms with Gasteiger partial charge in [-0.1, -0.05) is 30.0 Å². The third-order valence-electron chi connectivity index (χ3n) is 2.75. The lowest BCUT2D eigenvalue weighted by Crippen LogP contribution is -2.07. The number of benzene rings is 2. The predicted octanol–water partition coefficient (Wildman–Crippen LogP) is 4.01. The van der Waals surface area contributed by atoms with Crippen LogP contribution in [0.25, 0.3) is 0 Å². The molecule has 0 saturated heterocycles. The van der Waals surface area contributed by atoms with Crippen molar-refractivity contribution >= 4 is 11.8 Å². The molecule has 2 aromatic carbocycles. The Morgan fingerprint density at radius 1 is 1.21 bits per heavy atom. The lowest BCUT2D eigenvalue weighted by molar-refractivity contribution is 0.413. The SMILES string of the molecule is COc1cccc(Sc2c(F)cccc2[C@H](C)N)c1. The van der Waals surface area contributed by atoms with Gasteiger partial charge in [-0.3, -0.25) is 0 Å². The smallest absolute Gasteiger partial charge is 0.137 e. The number of hydrogen-bond acceptors (Lipinski definition) is 3. The average molecular weight is 277 g/mol. The zero-order valence-corrected chi connectivity index (χ0v) is 11.7. The minimum atomic E-state index is -0.248. The zero-order chi connectivity index (χ0) is 13.8. The van der Waals surface area contributed by atoms with Gasteiger partial charge in [0.15, 0.2) is 0 Å². The van der Waals surface area contributed by atoms with Gasteiger partial charge >= 0.3 is 0 Å². The fraction of sp³-hybridized carbons (Fsp3) is 0.200. The average Bonchev–Trinajstić information content (AvgIpc) is 2.41. The Bertz CT molecular complexity index is 572. The van der Waals surface area contributed by atoms with E-state index < -0.39 is 0 Å². The Kier molecular flexibility index (Phi) is 4.45. The number of ether oxygens (including phenoxy) is 1. The Balaban J connectivity index is 2.37. The first-order chi connectivity index (χ1) is 9.11. The first-order valence-electron chi connectivity index (χ1n) is 5.97. The minimum absolute atomic E-state index is 0.205. The Morgan fingerprint density at radius 3 is 2.63 bits per heavy atom. The number of halogens is 1. The molecular weight excluding hydrogens is 261 g/mol. The summed E-state index contributed by atoms with van der Waals surface area (Å²) < 4.78 is 19.1. The lowest BCUT2D eigenvalue weighted by Gasteiger charge is -2.13. The number of hydrogen-bond donors (Lipinski definition) is 1. The van der Waals surface area contributed by atoms with E-state index in [9.17, 15) is 4.39 Å². The van der Waals surface area contributed by atoms with Crippen LogP contribution in [0.3, 0.4) is 0 Å². The van der Waals surface area contributed by atoms with Crippen LogP contribution >= 0.6 is 11.8 Å². The summed E-state index contributed by atoms with van der Waals surface area (Å²) in [6.07, 6.45) is 0. The molecular formula is C15H16FNOS. The van der Waals surface area contributed by atoms with Gasteiger partial charge in [0.25, 0.3) is 0 Å². The lowest BCUT2D eigenvalue weighted by atomic mass is 10.1. The van der Waals surface area contributed by atoms with E-state index in [2.05, 4.69) is 0 Å². The molecule has 0 saturated carbocycles. The van der Waals surface area contributed by atoms with Gasteiger partial charge in [0.1, 0.15) is 11.6 Å². The van der Waals surface area contributed by atoms with Crippen molar-refractivity contribution in [2.45, 2.75) is 22.8 Å². The van der Waals surface area contributed by atoms with Crippen LogP contribution < -0.4 is 10.5 Å². The third kappa shape index (κ3) is 3.28. The monoisotopic (exact) mass is 277 g/mol. The molecule has 100 valence electrons. The summed E-state index contributed by atoms with van der Waals surface area (Å²) in [5.41, 5.74) is 6.70.